The number of hydrogen-bond donors (Lipinski definition) is 2. The van der Waals surface area contributed by atoms with Crippen molar-refractivity contribution in [1.82, 2.24) is 10.3 Å². The molecule has 0 radical (unpaired) electrons. The quantitative estimate of drug-likeness (QED) is 0.647. The molecule has 72 valence electrons. The van der Waals surface area contributed by atoms with Crippen molar-refractivity contribution in [3.8, 4) is 0 Å². The zero-order valence-corrected chi connectivity index (χ0v) is 7.54. The Kier molecular flexibility index (Phi) is 3.45. The van der Waals surface area contributed by atoms with E-state index in [1.54, 1.807) is 6.92 Å². The first-order chi connectivity index (χ1) is 6.24. The predicted octanol–water partition coefficient (Wildman–Crippen LogP) is 0.0616. The maximum Gasteiger partial charge on any atom is 0.307 e. The van der Waals surface area contributed by atoms with Gasteiger partial charge >= 0.3 is 5.91 Å². The average Bonchev–Trinajstić information content (AvgIpc) is 2.52. The Morgan fingerprint density at radius 2 is 2.54 bits per heavy atom. The van der Waals surface area contributed by atoms with Crippen LogP contribution < -0.4 is 11.1 Å². The van der Waals surface area contributed by atoms with Crippen molar-refractivity contribution >= 4 is 5.91 Å². The first-order valence-electron chi connectivity index (χ1n) is 4.14. The van der Waals surface area contributed by atoms with E-state index in [4.69, 9.17) is 10.2 Å². The van der Waals surface area contributed by atoms with Gasteiger partial charge in [-0.05, 0) is 19.9 Å². The average molecular weight is 183 g/mol. The summed E-state index contributed by atoms with van der Waals surface area (Å²) >= 11 is 0. The van der Waals surface area contributed by atoms with Crippen molar-refractivity contribution in [1.29, 1.82) is 0 Å². The van der Waals surface area contributed by atoms with Gasteiger partial charge < -0.3 is 15.5 Å². The van der Waals surface area contributed by atoms with Gasteiger partial charge in [0.15, 0.2) is 0 Å². The fourth-order valence-corrected chi connectivity index (χ4v) is 0.839. The van der Waals surface area contributed by atoms with Gasteiger partial charge in [-0.2, -0.15) is 0 Å². The first kappa shape index (κ1) is 9.73. The lowest BCUT2D eigenvalue weighted by molar-refractivity contribution is 0.0917. The molecule has 0 aliphatic carbocycles. The van der Waals surface area contributed by atoms with Gasteiger partial charge in [0.05, 0.1) is 6.20 Å². The van der Waals surface area contributed by atoms with Crippen molar-refractivity contribution in [2.24, 2.45) is 5.73 Å². The van der Waals surface area contributed by atoms with Crippen LogP contribution in [0.2, 0.25) is 0 Å². The van der Waals surface area contributed by atoms with E-state index in [9.17, 15) is 4.79 Å². The molecular weight excluding hydrogens is 170 g/mol. The lowest BCUT2D eigenvalue weighted by Gasteiger charge is -1.99. The van der Waals surface area contributed by atoms with Crippen LogP contribution >= 0.6 is 0 Å². The summed E-state index contributed by atoms with van der Waals surface area (Å²) in [7, 11) is 0. The largest absolute Gasteiger partial charge is 0.438 e. The molecule has 13 heavy (non-hydrogen) atoms. The van der Waals surface area contributed by atoms with Gasteiger partial charge in [-0.3, -0.25) is 4.79 Å². The van der Waals surface area contributed by atoms with Crippen LogP contribution in [-0.2, 0) is 0 Å². The van der Waals surface area contributed by atoms with E-state index in [1.807, 2.05) is 0 Å². The van der Waals surface area contributed by atoms with E-state index < -0.39 is 0 Å². The molecule has 0 saturated carbocycles. The molecule has 1 amide bonds. The summed E-state index contributed by atoms with van der Waals surface area (Å²) in [5.41, 5.74) is 5.27. The third-order valence-corrected chi connectivity index (χ3v) is 1.48. The van der Waals surface area contributed by atoms with Crippen LogP contribution in [0.4, 0.5) is 0 Å². The van der Waals surface area contributed by atoms with E-state index in [-0.39, 0.29) is 11.8 Å². The number of aromatic nitrogens is 1. The molecule has 0 fully saturated rings. The summed E-state index contributed by atoms with van der Waals surface area (Å²) in [6, 6.07) is 0. The molecular formula is C8H13N3O2. The van der Waals surface area contributed by atoms with Gasteiger partial charge in [-0.1, -0.05) is 0 Å². The minimum atomic E-state index is -0.290. The minimum Gasteiger partial charge on any atom is -0.438 e. The van der Waals surface area contributed by atoms with Crippen LogP contribution in [-0.4, -0.2) is 24.0 Å². The van der Waals surface area contributed by atoms with Gasteiger partial charge in [-0.25, -0.2) is 4.98 Å². The molecule has 1 aromatic heterocycles. The molecule has 3 N–H and O–H groups in total. The van der Waals surface area contributed by atoms with Crippen LogP contribution in [0.15, 0.2) is 10.6 Å². The maximum atomic E-state index is 11.2. The molecule has 0 aromatic carbocycles. The highest BCUT2D eigenvalue weighted by atomic mass is 16.4. The number of nitrogens with zero attached hydrogens (tertiary/aromatic N) is 1. The molecule has 0 aliphatic rings. The summed E-state index contributed by atoms with van der Waals surface area (Å²) in [4.78, 5) is 15.0. The molecule has 5 heteroatoms. The number of aryl methyl sites for hydroxylation is 1. The summed E-state index contributed by atoms with van der Waals surface area (Å²) in [6.07, 6.45) is 2.27. The number of rotatable bonds is 4. The number of amides is 1. The highest BCUT2D eigenvalue weighted by Crippen LogP contribution is 2.00. The third kappa shape index (κ3) is 2.87. The molecule has 0 unspecified atom stereocenters. The summed E-state index contributed by atoms with van der Waals surface area (Å²) in [5, 5.41) is 2.64. The SMILES string of the molecule is Cc1cnc(C(=O)NCCCN)o1. The number of carbonyl (C=O) groups is 1. The highest BCUT2D eigenvalue weighted by molar-refractivity contribution is 5.89. The molecule has 0 bridgehead atoms. The number of carbonyl (C=O) groups excluding carboxylic acids is 1. The Morgan fingerprint density at radius 3 is 3.08 bits per heavy atom. The van der Waals surface area contributed by atoms with E-state index in [0.29, 0.717) is 18.8 Å². The Labute approximate surface area is 76.3 Å². The van der Waals surface area contributed by atoms with Crippen molar-refractivity contribution < 1.29 is 9.21 Å². The predicted molar refractivity (Wildman–Crippen MR) is 47.2 cm³/mol. The highest BCUT2D eigenvalue weighted by Gasteiger charge is 2.09. The standard InChI is InChI=1S/C8H13N3O2/c1-6-5-11-8(13-6)7(12)10-4-2-3-9/h5H,2-4,9H2,1H3,(H,10,12). The maximum absolute atomic E-state index is 11.2. The second kappa shape index (κ2) is 4.61. The zero-order chi connectivity index (χ0) is 9.68. The van der Waals surface area contributed by atoms with Crippen LogP contribution in [0.5, 0.6) is 0 Å². The van der Waals surface area contributed by atoms with Crippen molar-refractivity contribution in [3.63, 3.8) is 0 Å². The molecule has 5 nitrogen and oxygen atoms in total. The van der Waals surface area contributed by atoms with Gasteiger partial charge in [0.2, 0.25) is 0 Å². The summed E-state index contributed by atoms with van der Waals surface area (Å²) in [6.45, 7) is 2.85. The fourth-order valence-electron chi connectivity index (χ4n) is 0.839. The van der Waals surface area contributed by atoms with Crippen molar-refractivity contribution in [2.75, 3.05) is 13.1 Å². The van der Waals surface area contributed by atoms with Crippen molar-refractivity contribution in [2.45, 2.75) is 13.3 Å². The number of hydrogen-bond acceptors (Lipinski definition) is 4. The van der Waals surface area contributed by atoms with Gasteiger partial charge in [-0.15, -0.1) is 0 Å². The van der Waals surface area contributed by atoms with Gasteiger partial charge in [0.25, 0.3) is 5.89 Å². The Balaban J connectivity index is 2.40. The molecule has 0 atom stereocenters. The lowest BCUT2D eigenvalue weighted by Crippen LogP contribution is -2.26. The third-order valence-electron chi connectivity index (χ3n) is 1.48. The number of oxazole rings is 1. The van der Waals surface area contributed by atoms with Crippen LogP contribution in [0.25, 0.3) is 0 Å². The first-order valence-corrected chi connectivity index (χ1v) is 4.14. The van der Waals surface area contributed by atoms with E-state index in [1.165, 1.54) is 6.20 Å². The molecule has 0 aliphatic heterocycles. The number of nitrogens with two attached hydrogens (primary N) is 1. The summed E-state index contributed by atoms with van der Waals surface area (Å²) < 4.78 is 5.02. The summed E-state index contributed by atoms with van der Waals surface area (Å²) in [5.74, 6) is 0.444. The number of nitrogens with one attached hydrogen (secondary N) is 1. The molecule has 0 saturated heterocycles. The van der Waals surface area contributed by atoms with Crippen molar-refractivity contribution in [3.05, 3.63) is 17.8 Å². The van der Waals surface area contributed by atoms with E-state index >= 15 is 0 Å². The van der Waals surface area contributed by atoms with Gasteiger partial charge in [0.1, 0.15) is 5.76 Å². The second-order valence-electron chi connectivity index (χ2n) is 2.67. The molecule has 1 rings (SSSR count). The van der Waals surface area contributed by atoms with E-state index in [0.717, 1.165) is 6.42 Å². The molecule has 1 aromatic rings. The smallest absolute Gasteiger partial charge is 0.307 e. The fraction of sp³-hybridized carbons (Fsp3) is 0.500. The topological polar surface area (TPSA) is 81.2 Å². The van der Waals surface area contributed by atoms with Crippen LogP contribution in [0.3, 0.4) is 0 Å². The normalized spacial score (nSPS) is 10.0. The molecule has 1 heterocycles. The minimum absolute atomic E-state index is 0.106. The monoisotopic (exact) mass is 183 g/mol. The zero-order valence-electron chi connectivity index (χ0n) is 7.54. The Hall–Kier alpha value is -1.36. The Morgan fingerprint density at radius 1 is 1.77 bits per heavy atom. The molecule has 0 spiro atoms. The van der Waals surface area contributed by atoms with Gasteiger partial charge in [0, 0.05) is 6.54 Å². The lowest BCUT2D eigenvalue weighted by atomic mass is 10.4. The Bertz CT molecular complexity index is 283. The van der Waals surface area contributed by atoms with Crippen LogP contribution in [0, 0.1) is 6.92 Å². The second-order valence-corrected chi connectivity index (χ2v) is 2.67. The van der Waals surface area contributed by atoms with E-state index in [2.05, 4.69) is 10.3 Å². The van der Waals surface area contributed by atoms with Crippen LogP contribution in [0.1, 0.15) is 22.9 Å².